The van der Waals surface area contributed by atoms with Crippen LogP contribution in [0.2, 0.25) is 5.15 Å². The first-order chi connectivity index (χ1) is 5.16. The summed E-state index contributed by atoms with van der Waals surface area (Å²) in [5.41, 5.74) is 0.400. The van der Waals surface area contributed by atoms with Crippen molar-refractivity contribution in [3.8, 4) is 0 Å². The number of nitrogens with zero attached hydrogens (tertiary/aromatic N) is 2. The highest BCUT2D eigenvalue weighted by atomic mass is 35.5. The predicted molar refractivity (Wildman–Crippen MR) is 41.6 cm³/mol. The SMILES string of the molecule is CNC(=O)c1cnn(C)c1Cl. The van der Waals surface area contributed by atoms with Crippen LogP contribution in [0.15, 0.2) is 6.20 Å². The van der Waals surface area contributed by atoms with Crippen molar-refractivity contribution in [2.45, 2.75) is 0 Å². The van der Waals surface area contributed by atoms with Crippen molar-refractivity contribution in [1.82, 2.24) is 15.1 Å². The second-order valence-electron chi connectivity index (χ2n) is 2.05. The van der Waals surface area contributed by atoms with E-state index in [1.54, 1.807) is 14.1 Å². The summed E-state index contributed by atoms with van der Waals surface area (Å²) in [5, 5.41) is 6.62. The van der Waals surface area contributed by atoms with Gasteiger partial charge in [-0.15, -0.1) is 0 Å². The Morgan fingerprint density at radius 2 is 2.45 bits per heavy atom. The Balaban J connectivity index is 3.04. The fourth-order valence-corrected chi connectivity index (χ4v) is 0.888. The van der Waals surface area contributed by atoms with E-state index in [9.17, 15) is 4.79 Å². The van der Waals surface area contributed by atoms with E-state index < -0.39 is 0 Å². The summed E-state index contributed by atoms with van der Waals surface area (Å²) >= 11 is 5.72. The Kier molecular flexibility index (Phi) is 2.14. The third kappa shape index (κ3) is 1.35. The molecule has 1 amide bonds. The van der Waals surface area contributed by atoms with E-state index in [-0.39, 0.29) is 5.91 Å². The smallest absolute Gasteiger partial charge is 0.255 e. The molecule has 0 saturated heterocycles. The van der Waals surface area contributed by atoms with Gasteiger partial charge in [-0.05, 0) is 0 Å². The number of aromatic nitrogens is 2. The normalized spacial score (nSPS) is 9.73. The van der Waals surface area contributed by atoms with Gasteiger partial charge in [0.2, 0.25) is 0 Å². The number of carbonyl (C=O) groups excluding carboxylic acids is 1. The van der Waals surface area contributed by atoms with Gasteiger partial charge in [0.05, 0.1) is 11.8 Å². The van der Waals surface area contributed by atoms with E-state index in [1.165, 1.54) is 10.9 Å². The maximum absolute atomic E-state index is 11.0. The summed E-state index contributed by atoms with van der Waals surface area (Å²) in [5.74, 6) is -0.219. The molecule has 4 nitrogen and oxygen atoms in total. The lowest BCUT2D eigenvalue weighted by Gasteiger charge is -1.95. The second kappa shape index (κ2) is 2.92. The maximum atomic E-state index is 11.0. The van der Waals surface area contributed by atoms with E-state index in [4.69, 9.17) is 11.6 Å². The first-order valence-electron chi connectivity index (χ1n) is 3.06. The van der Waals surface area contributed by atoms with Crippen molar-refractivity contribution < 1.29 is 4.79 Å². The summed E-state index contributed by atoms with van der Waals surface area (Å²) in [7, 11) is 3.22. The molecule has 0 saturated carbocycles. The van der Waals surface area contributed by atoms with E-state index in [2.05, 4.69) is 10.4 Å². The Labute approximate surface area is 69.1 Å². The molecule has 1 rings (SSSR count). The summed E-state index contributed by atoms with van der Waals surface area (Å²) in [6.07, 6.45) is 1.43. The van der Waals surface area contributed by atoms with Crippen molar-refractivity contribution >= 4 is 17.5 Å². The molecular formula is C6H8ClN3O. The number of hydrogen-bond acceptors (Lipinski definition) is 2. The van der Waals surface area contributed by atoms with E-state index in [1.807, 2.05) is 0 Å². The Bertz CT molecular complexity index is 281. The van der Waals surface area contributed by atoms with E-state index in [0.29, 0.717) is 10.7 Å². The molecular weight excluding hydrogens is 166 g/mol. The van der Waals surface area contributed by atoms with Gasteiger partial charge < -0.3 is 5.32 Å². The minimum atomic E-state index is -0.219. The topological polar surface area (TPSA) is 46.9 Å². The lowest BCUT2D eigenvalue weighted by atomic mass is 10.3. The molecule has 0 aliphatic carbocycles. The van der Waals surface area contributed by atoms with Gasteiger partial charge in [0.1, 0.15) is 5.15 Å². The van der Waals surface area contributed by atoms with Gasteiger partial charge in [-0.3, -0.25) is 9.48 Å². The molecule has 60 valence electrons. The summed E-state index contributed by atoms with van der Waals surface area (Å²) in [6, 6.07) is 0. The fraction of sp³-hybridized carbons (Fsp3) is 0.333. The summed E-state index contributed by atoms with van der Waals surface area (Å²) in [6.45, 7) is 0. The van der Waals surface area contributed by atoms with Crippen LogP contribution in [0.3, 0.4) is 0 Å². The molecule has 0 radical (unpaired) electrons. The zero-order valence-electron chi connectivity index (χ0n) is 6.26. The molecule has 0 aliphatic rings. The molecule has 1 aromatic rings. The third-order valence-electron chi connectivity index (χ3n) is 1.34. The molecule has 0 atom stereocenters. The Hall–Kier alpha value is -1.03. The predicted octanol–water partition coefficient (Wildman–Crippen LogP) is 0.433. The Morgan fingerprint density at radius 3 is 2.82 bits per heavy atom. The number of hydrogen-bond donors (Lipinski definition) is 1. The molecule has 0 unspecified atom stereocenters. The number of aryl methyl sites for hydroxylation is 1. The molecule has 1 N–H and O–H groups in total. The van der Waals surface area contributed by atoms with Crippen molar-refractivity contribution in [1.29, 1.82) is 0 Å². The monoisotopic (exact) mass is 173 g/mol. The molecule has 5 heteroatoms. The van der Waals surface area contributed by atoms with Crippen LogP contribution in [-0.2, 0) is 7.05 Å². The minimum absolute atomic E-state index is 0.219. The lowest BCUT2D eigenvalue weighted by molar-refractivity contribution is 0.0963. The van der Waals surface area contributed by atoms with Crippen LogP contribution < -0.4 is 5.32 Å². The van der Waals surface area contributed by atoms with Crippen molar-refractivity contribution in [3.63, 3.8) is 0 Å². The molecule has 0 aromatic carbocycles. The van der Waals surface area contributed by atoms with Crippen LogP contribution in [-0.4, -0.2) is 22.7 Å². The van der Waals surface area contributed by atoms with Crippen LogP contribution in [0.4, 0.5) is 0 Å². The lowest BCUT2D eigenvalue weighted by Crippen LogP contribution is -2.17. The highest BCUT2D eigenvalue weighted by Crippen LogP contribution is 2.12. The average Bonchev–Trinajstić information content (AvgIpc) is 2.32. The van der Waals surface area contributed by atoms with Crippen molar-refractivity contribution in [2.24, 2.45) is 7.05 Å². The number of nitrogens with one attached hydrogen (secondary N) is 1. The largest absolute Gasteiger partial charge is 0.355 e. The molecule has 0 spiro atoms. The number of halogens is 1. The summed E-state index contributed by atoms with van der Waals surface area (Å²) < 4.78 is 1.44. The average molecular weight is 174 g/mol. The van der Waals surface area contributed by atoms with Gasteiger partial charge in [-0.25, -0.2) is 0 Å². The van der Waals surface area contributed by atoms with Gasteiger partial charge in [-0.1, -0.05) is 11.6 Å². The summed E-state index contributed by atoms with van der Waals surface area (Å²) in [4.78, 5) is 11.0. The fourth-order valence-electron chi connectivity index (χ4n) is 0.710. The third-order valence-corrected chi connectivity index (χ3v) is 1.79. The van der Waals surface area contributed by atoms with Gasteiger partial charge in [0.15, 0.2) is 0 Å². The zero-order valence-corrected chi connectivity index (χ0v) is 7.01. The zero-order chi connectivity index (χ0) is 8.43. The van der Waals surface area contributed by atoms with Gasteiger partial charge in [-0.2, -0.15) is 5.10 Å². The number of rotatable bonds is 1. The molecule has 0 bridgehead atoms. The van der Waals surface area contributed by atoms with E-state index >= 15 is 0 Å². The minimum Gasteiger partial charge on any atom is -0.355 e. The molecule has 1 heterocycles. The number of carbonyl (C=O) groups is 1. The molecule has 11 heavy (non-hydrogen) atoms. The van der Waals surface area contributed by atoms with Crippen LogP contribution in [0.1, 0.15) is 10.4 Å². The van der Waals surface area contributed by atoms with Gasteiger partial charge >= 0.3 is 0 Å². The standard InChI is InChI=1S/C6H8ClN3O/c1-8-6(11)4-3-9-10(2)5(4)7/h3H,1-2H3,(H,8,11). The molecule has 0 aliphatic heterocycles. The van der Waals surface area contributed by atoms with Crippen molar-refractivity contribution in [2.75, 3.05) is 7.05 Å². The quantitative estimate of drug-likeness (QED) is 0.670. The van der Waals surface area contributed by atoms with Gasteiger partial charge in [0.25, 0.3) is 5.91 Å². The maximum Gasteiger partial charge on any atom is 0.255 e. The van der Waals surface area contributed by atoms with Crippen LogP contribution >= 0.6 is 11.6 Å². The molecule has 1 aromatic heterocycles. The molecule has 0 fully saturated rings. The van der Waals surface area contributed by atoms with Crippen LogP contribution in [0.25, 0.3) is 0 Å². The van der Waals surface area contributed by atoms with Crippen LogP contribution in [0, 0.1) is 0 Å². The number of amides is 1. The van der Waals surface area contributed by atoms with E-state index in [0.717, 1.165) is 0 Å². The Morgan fingerprint density at radius 1 is 1.82 bits per heavy atom. The first-order valence-corrected chi connectivity index (χ1v) is 3.44. The highest BCUT2D eigenvalue weighted by molar-refractivity contribution is 6.32. The second-order valence-corrected chi connectivity index (χ2v) is 2.41. The highest BCUT2D eigenvalue weighted by Gasteiger charge is 2.11. The van der Waals surface area contributed by atoms with Crippen LogP contribution in [0.5, 0.6) is 0 Å². The van der Waals surface area contributed by atoms with Crippen molar-refractivity contribution in [3.05, 3.63) is 16.9 Å². The first kappa shape index (κ1) is 8.07. The van der Waals surface area contributed by atoms with Gasteiger partial charge in [0, 0.05) is 14.1 Å².